The first kappa shape index (κ1) is 30.9. The van der Waals surface area contributed by atoms with Crippen LogP contribution < -0.4 is 14.4 Å². The van der Waals surface area contributed by atoms with E-state index >= 15 is 0 Å². The maximum atomic E-state index is 14.6. The van der Waals surface area contributed by atoms with Crippen LogP contribution in [0.25, 0.3) is 0 Å². The molecular weight excluding hydrogens is 557 g/mol. The first-order valence-corrected chi connectivity index (χ1v) is 14.6. The zero-order chi connectivity index (χ0) is 29.4. The highest BCUT2D eigenvalue weighted by molar-refractivity contribution is 7.92. The molecule has 0 saturated heterocycles. The molecule has 0 saturated carbocycles. The van der Waals surface area contributed by atoms with E-state index in [1.807, 2.05) is 0 Å². The Morgan fingerprint density at radius 3 is 2.23 bits per heavy atom. The van der Waals surface area contributed by atoms with Gasteiger partial charge in [0.1, 0.15) is 24.2 Å². The van der Waals surface area contributed by atoms with Crippen molar-refractivity contribution in [2.45, 2.75) is 51.2 Å². The van der Waals surface area contributed by atoms with Crippen molar-refractivity contribution in [3.63, 3.8) is 0 Å². The maximum Gasteiger partial charge on any atom is 0.264 e. The molecule has 0 aliphatic heterocycles. The van der Waals surface area contributed by atoms with E-state index in [0.717, 1.165) is 4.31 Å². The Kier molecular flexibility index (Phi) is 10.5. The molecule has 0 bridgehead atoms. The van der Waals surface area contributed by atoms with E-state index in [-0.39, 0.29) is 41.1 Å². The van der Waals surface area contributed by atoms with Crippen molar-refractivity contribution in [3.05, 3.63) is 89.2 Å². The van der Waals surface area contributed by atoms with E-state index in [1.165, 1.54) is 60.4 Å². The highest BCUT2D eigenvalue weighted by Gasteiger charge is 2.34. The van der Waals surface area contributed by atoms with Gasteiger partial charge in [-0.2, -0.15) is 0 Å². The number of ether oxygens (including phenoxy) is 1. The zero-order valence-corrected chi connectivity index (χ0v) is 24.4. The van der Waals surface area contributed by atoms with Gasteiger partial charge in [-0.15, -0.1) is 0 Å². The van der Waals surface area contributed by atoms with Gasteiger partial charge in [-0.25, -0.2) is 12.8 Å². The number of carbonyl (C=O) groups is 2. The fourth-order valence-electron chi connectivity index (χ4n) is 3.99. The summed E-state index contributed by atoms with van der Waals surface area (Å²) in [5.41, 5.74) is 0.319. The molecule has 8 nitrogen and oxygen atoms in total. The number of rotatable bonds is 12. The quantitative estimate of drug-likeness (QED) is 0.320. The molecule has 0 radical (unpaired) electrons. The summed E-state index contributed by atoms with van der Waals surface area (Å²) in [7, 11) is -4.31. The van der Waals surface area contributed by atoms with Crippen LogP contribution in [0.15, 0.2) is 77.7 Å². The fraction of sp³-hybridized carbons (Fsp3) is 0.310. The van der Waals surface area contributed by atoms with Gasteiger partial charge in [0.2, 0.25) is 11.8 Å². The molecular formula is C29H33ClFN3O5S. The Morgan fingerprint density at radius 1 is 0.975 bits per heavy atom. The first-order valence-electron chi connectivity index (χ1n) is 12.8. The van der Waals surface area contributed by atoms with Crippen LogP contribution in [0.5, 0.6) is 5.75 Å². The highest BCUT2D eigenvalue weighted by atomic mass is 35.5. The molecule has 1 N–H and O–H groups in total. The van der Waals surface area contributed by atoms with Gasteiger partial charge in [-0.1, -0.05) is 41.9 Å². The largest absolute Gasteiger partial charge is 0.492 e. The molecule has 3 aromatic rings. The standard InChI is InChI=1S/C29H33ClFN3O5S/c1-5-39-27-13-9-8-12-26(27)34(40(37,38)24-16-14-23(30)15-17-24)19-28(35)33(21(4)29(36)32-20(2)3)18-22-10-6-7-11-25(22)31/h6-17,20-21H,5,18-19H2,1-4H3,(H,32,36). The lowest BCUT2D eigenvalue weighted by Crippen LogP contribution is -2.52. The number of para-hydroxylation sites is 2. The van der Waals surface area contributed by atoms with Gasteiger partial charge >= 0.3 is 0 Å². The molecule has 11 heteroatoms. The van der Waals surface area contributed by atoms with Gasteiger partial charge in [0.25, 0.3) is 10.0 Å². The van der Waals surface area contributed by atoms with Crippen molar-refractivity contribution in [3.8, 4) is 5.75 Å². The van der Waals surface area contributed by atoms with Crippen molar-refractivity contribution in [1.82, 2.24) is 10.2 Å². The molecule has 0 heterocycles. The Morgan fingerprint density at radius 2 is 1.60 bits per heavy atom. The molecule has 0 aliphatic rings. The summed E-state index contributed by atoms with van der Waals surface area (Å²) >= 11 is 5.98. The smallest absolute Gasteiger partial charge is 0.264 e. The SMILES string of the molecule is CCOc1ccccc1N(CC(=O)N(Cc1ccccc1F)C(C)C(=O)NC(C)C)S(=O)(=O)c1ccc(Cl)cc1. The predicted molar refractivity (Wildman–Crippen MR) is 153 cm³/mol. The summed E-state index contributed by atoms with van der Waals surface area (Å²) in [6.45, 7) is 6.15. The molecule has 0 aliphatic carbocycles. The van der Waals surface area contributed by atoms with E-state index in [4.69, 9.17) is 16.3 Å². The highest BCUT2D eigenvalue weighted by Crippen LogP contribution is 2.33. The second-order valence-electron chi connectivity index (χ2n) is 9.32. The first-order chi connectivity index (χ1) is 18.9. The van der Waals surface area contributed by atoms with Gasteiger partial charge in [0.05, 0.1) is 17.2 Å². The summed E-state index contributed by atoms with van der Waals surface area (Å²) in [5.74, 6) is -1.47. The van der Waals surface area contributed by atoms with Crippen LogP contribution in [0, 0.1) is 5.82 Å². The minimum absolute atomic E-state index is 0.0951. The minimum Gasteiger partial charge on any atom is -0.492 e. The van der Waals surface area contributed by atoms with Crippen LogP contribution in [0.2, 0.25) is 5.02 Å². The lowest BCUT2D eigenvalue weighted by atomic mass is 10.1. The van der Waals surface area contributed by atoms with Gasteiger partial charge in [0, 0.05) is 23.2 Å². The molecule has 2 amide bonds. The monoisotopic (exact) mass is 589 g/mol. The van der Waals surface area contributed by atoms with Gasteiger partial charge in [-0.05, 0) is 70.2 Å². The Balaban J connectivity index is 2.09. The summed E-state index contributed by atoms with van der Waals surface area (Å²) < 4.78 is 49.1. The average Bonchev–Trinajstić information content (AvgIpc) is 2.91. The van der Waals surface area contributed by atoms with E-state index < -0.39 is 40.2 Å². The maximum absolute atomic E-state index is 14.6. The number of halogens is 2. The average molecular weight is 590 g/mol. The topological polar surface area (TPSA) is 96.0 Å². The van der Waals surface area contributed by atoms with Crippen LogP contribution in [0.3, 0.4) is 0 Å². The number of nitrogens with one attached hydrogen (secondary N) is 1. The third-order valence-corrected chi connectivity index (χ3v) is 8.04. The predicted octanol–water partition coefficient (Wildman–Crippen LogP) is 5.02. The van der Waals surface area contributed by atoms with Crippen LogP contribution in [-0.4, -0.2) is 50.4 Å². The number of hydrogen-bond donors (Lipinski definition) is 1. The number of anilines is 1. The molecule has 0 aromatic heterocycles. The van der Waals surface area contributed by atoms with Gasteiger partial charge in [-0.3, -0.25) is 13.9 Å². The number of sulfonamides is 1. The molecule has 0 fully saturated rings. The van der Waals surface area contributed by atoms with E-state index in [0.29, 0.717) is 5.02 Å². The molecule has 1 unspecified atom stereocenters. The lowest BCUT2D eigenvalue weighted by molar-refractivity contribution is -0.139. The van der Waals surface area contributed by atoms with Crippen LogP contribution in [0.4, 0.5) is 10.1 Å². The lowest BCUT2D eigenvalue weighted by Gasteiger charge is -2.32. The van der Waals surface area contributed by atoms with Crippen LogP contribution in [-0.2, 0) is 26.2 Å². The van der Waals surface area contributed by atoms with Gasteiger partial charge < -0.3 is 15.0 Å². The molecule has 3 aromatic carbocycles. The van der Waals surface area contributed by atoms with Crippen LogP contribution >= 0.6 is 11.6 Å². The Labute approximate surface area is 239 Å². The van der Waals surface area contributed by atoms with E-state index in [9.17, 15) is 22.4 Å². The zero-order valence-electron chi connectivity index (χ0n) is 22.8. The number of hydrogen-bond acceptors (Lipinski definition) is 5. The van der Waals surface area contributed by atoms with Crippen molar-refractivity contribution < 1.29 is 27.1 Å². The second kappa shape index (κ2) is 13.6. The molecule has 40 heavy (non-hydrogen) atoms. The van der Waals surface area contributed by atoms with E-state index in [1.54, 1.807) is 45.0 Å². The summed E-state index contributed by atoms with van der Waals surface area (Å²) in [4.78, 5) is 28.0. The minimum atomic E-state index is -4.31. The Hall–Kier alpha value is -3.63. The summed E-state index contributed by atoms with van der Waals surface area (Å²) in [6.07, 6.45) is 0. The number of benzene rings is 3. The molecule has 1 atom stereocenters. The number of carbonyl (C=O) groups excluding carboxylic acids is 2. The molecule has 3 rings (SSSR count). The number of nitrogens with zero attached hydrogens (tertiary/aromatic N) is 2. The third-order valence-electron chi connectivity index (χ3n) is 6.01. The van der Waals surface area contributed by atoms with E-state index in [2.05, 4.69) is 5.32 Å². The second-order valence-corrected chi connectivity index (χ2v) is 11.6. The Bertz CT molecular complexity index is 1430. The fourth-order valence-corrected chi connectivity index (χ4v) is 5.54. The van der Waals surface area contributed by atoms with Crippen molar-refractivity contribution in [2.75, 3.05) is 17.5 Å². The summed E-state index contributed by atoms with van der Waals surface area (Å²) in [6, 6.07) is 16.7. The number of amides is 2. The van der Waals surface area contributed by atoms with Gasteiger partial charge in [0.15, 0.2) is 0 Å². The van der Waals surface area contributed by atoms with Crippen LogP contribution in [0.1, 0.15) is 33.3 Å². The van der Waals surface area contributed by atoms with Crippen molar-refractivity contribution >= 4 is 39.1 Å². The normalized spacial score (nSPS) is 12.1. The van der Waals surface area contributed by atoms with Crippen molar-refractivity contribution in [1.29, 1.82) is 0 Å². The van der Waals surface area contributed by atoms with Crippen molar-refractivity contribution in [2.24, 2.45) is 0 Å². The third kappa shape index (κ3) is 7.51. The molecule has 214 valence electrons. The summed E-state index contributed by atoms with van der Waals surface area (Å²) in [5, 5.41) is 3.10. The molecule has 0 spiro atoms.